The van der Waals surface area contributed by atoms with Crippen molar-refractivity contribution >= 4 is 40.6 Å². The number of hydrogen-bond acceptors (Lipinski definition) is 6. The summed E-state index contributed by atoms with van der Waals surface area (Å²) < 4.78 is 39.5. The first kappa shape index (κ1) is 20.9. The average Bonchev–Trinajstić information content (AvgIpc) is 3.37. The van der Waals surface area contributed by atoms with E-state index in [4.69, 9.17) is 0 Å². The lowest BCUT2D eigenvalue weighted by molar-refractivity contribution is -0.122. The van der Waals surface area contributed by atoms with Crippen LogP contribution in [0.25, 0.3) is 0 Å². The van der Waals surface area contributed by atoms with Gasteiger partial charge < -0.3 is 10.6 Å². The van der Waals surface area contributed by atoms with Crippen LogP contribution in [-0.2, 0) is 16.0 Å². The molecule has 29 heavy (non-hydrogen) atoms. The molecule has 12 heteroatoms. The molecule has 0 spiro atoms. The van der Waals surface area contributed by atoms with E-state index in [1.807, 2.05) is 17.5 Å². The van der Waals surface area contributed by atoms with Crippen molar-refractivity contribution in [3.63, 3.8) is 0 Å². The summed E-state index contributed by atoms with van der Waals surface area (Å²) in [6.45, 7) is -0.463. The van der Waals surface area contributed by atoms with E-state index in [0.717, 1.165) is 22.7 Å². The molecule has 7 nitrogen and oxygen atoms in total. The van der Waals surface area contributed by atoms with Gasteiger partial charge in [0.2, 0.25) is 17.0 Å². The van der Waals surface area contributed by atoms with Gasteiger partial charge in [-0.1, -0.05) is 17.8 Å². The van der Waals surface area contributed by atoms with Gasteiger partial charge in [-0.25, -0.2) is 18.2 Å². The number of carbonyl (C=O) groups excluding carboxylic acids is 2. The molecule has 3 N–H and O–H groups in total. The molecule has 3 aromatic rings. The minimum atomic E-state index is -1.69. The molecule has 0 bridgehead atoms. The number of halogens is 3. The first-order valence-corrected chi connectivity index (χ1v) is 10.1. The molecule has 0 saturated heterocycles. The smallest absolute Gasteiger partial charge is 0.243 e. The van der Waals surface area contributed by atoms with Gasteiger partial charge >= 0.3 is 0 Å². The predicted octanol–water partition coefficient (Wildman–Crippen LogP) is 2.72. The van der Waals surface area contributed by atoms with Crippen LogP contribution in [0.15, 0.2) is 34.8 Å². The summed E-state index contributed by atoms with van der Waals surface area (Å²) in [7, 11) is 0. The van der Waals surface area contributed by atoms with Gasteiger partial charge in [-0.3, -0.25) is 14.7 Å². The number of nitrogens with zero attached hydrogens (tertiary/aromatic N) is 2. The lowest BCUT2D eigenvalue weighted by atomic mass is 10.2. The fraction of sp³-hybridized carbons (Fsp3) is 0.176. The van der Waals surface area contributed by atoms with Gasteiger partial charge in [-0.05, 0) is 23.6 Å². The number of aromatic amines is 1. The molecule has 2 aromatic heterocycles. The lowest BCUT2D eigenvalue weighted by Gasteiger charge is -2.08. The zero-order chi connectivity index (χ0) is 20.8. The summed E-state index contributed by atoms with van der Waals surface area (Å²) in [5.74, 6) is -5.19. The van der Waals surface area contributed by atoms with Gasteiger partial charge in [0.05, 0.1) is 18.0 Å². The molecule has 1 aromatic carbocycles. The number of rotatable bonds is 8. The Morgan fingerprint density at radius 2 is 1.97 bits per heavy atom. The summed E-state index contributed by atoms with van der Waals surface area (Å²) in [6, 6.07) is 5.49. The number of thioether (sulfide) groups is 1. The van der Waals surface area contributed by atoms with Crippen molar-refractivity contribution in [3.8, 4) is 0 Å². The van der Waals surface area contributed by atoms with E-state index < -0.39 is 41.5 Å². The van der Waals surface area contributed by atoms with Gasteiger partial charge in [-0.2, -0.15) is 0 Å². The standard InChI is InChI=1S/C17H14F3N5O2S2/c18-10-3-4-11(16(20)15(10)19)22-13(26)7-21-14(27)8-29-17-23-12(24-25-17)6-9-2-1-5-28-9/h1-5H,6-8H2,(H,21,27)(H,22,26)(H,23,24,25). The molecule has 0 radical (unpaired) electrons. The SMILES string of the molecule is O=C(CSc1n[nH]c(Cc2cccs2)n1)NCC(=O)Nc1ccc(F)c(F)c1F. The third kappa shape index (κ3) is 5.81. The van der Waals surface area contributed by atoms with Crippen molar-refractivity contribution in [2.75, 3.05) is 17.6 Å². The number of aromatic nitrogens is 3. The van der Waals surface area contributed by atoms with Crippen molar-refractivity contribution in [2.45, 2.75) is 11.6 Å². The minimum absolute atomic E-state index is 0.0386. The molecule has 152 valence electrons. The Morgan fingerprint density at radius 3 is 2.72 bits per heavy atom. The van der Waals surface area contributed by atoms with Gasteiger partial charge in [0.1, 0.15) is 5.82 Å². The van der Waals surface area contributed by atoms with Crippen molar-refractivity contribution in [2.24, 2.45) is 0 Å². The fourth-order valence-electron chi connectivity index (χ4n) is 2.18. The molecular formula is C17H14F3N5O2S2. The predicted molar refractivity (Wildman–Crippen MR) is 102 cm³/mol. The Hall–Kier alpha value is -2.86. The van der Waals surface area contributed by atoms with Crippen LogP contribution in [0.5, 0.6) is 0 Å². The van der Waals surface area contributed by atoms with E-state index in [1.54, 1.807) is 11.3 Å². The summed E-state index contributed by atoms with van der Waals surface area (Å²) in [5.41, 5.74) is -0.517. The molecule has 3 rings (SSSR count). The molecule has 2 heterocycles. The van der Waals surface area contributed by atoms with E-state index in [2.05, 4.69) is 25.8 Å². The summed E-state index contributed by atoms with van der Waals surface area (Å²) in [5, 5.41) is 13.6. The molecular weight excluding hydrogens is 427 g/mol. The van der Waals surface area contributed by atoms with Crippen molar-refractivity contribution in [1.82, 2.24) is 20.5 Å². The first-order valence-electron chi connectivity index (χ1n) is 8.19. The van der Waals surface area contributed by atoms with Crippen molar-refractivity contribution in [3.05, 3.63) is 57.8 Å². The molecule has 0 atom stereocenters. The molecule has 0 fully saturated rings. The zero-order valence-electron chi connectivity index (χ0n) is 14.7. The van der Waals surface area contributed by atoms with E-state index in [1.165, 1.54) is 0 Å². The number of anilines is 1. The Bertz CT molecular complexity index is 1010. The van der Waals surface area contributed by atoms with Gasteiger partial charge in [0.15, 0.2) is 17.5 Å². The van der Waals surface area contributed by atoms with E-state index in [9.17, 15) is 22.8 Å². The van der Waals surface area contributed by atoms with Crippen LogP contribution in [0.1, 0.15) is 10.7 Å². The Morgan fingerprint density at radius 1 is 1.14 bits per heavy atom. The third-order valence-electron chi connectivity index (χ3n) is 3.52. The Kier molecular flexibility index (Phi) is 6.88. The topological polar surface area (TPSA) is 99.8 Å². The highest BCUT2D eigenvalue weighted by atomic mass is 32.2. The highest BCUT2D eigenvalue weighted by molar-refractivity contribution is 7.99. The minimum Gasteiger partial charge on any atom is -0.346 e. The molecule has 2 amide bonds. The van der Waals surface area contributed by atoms with Gasteiger partial charge in [-0.15, -0.1) is 16.4 Å². The van der Waals surface area contributed by atoms with Gasteiger partial charge in [0.25, 0.3) is 0 Å². The Labute approximate surface area is 171 Å². The van der Waals surface area contributed by atoms with E-state index >= 15 is 0 Å². The van der Waals surface area contributed by atoms with Crippen LogP contribution >= 0.6 is 23.1 Å². The van der Waals surface area contributed by atoms with Gasteiger partial charge in [0, 0.05) is 11.3 Å². The van der Waals surface area contributed by atoms with Crippen LogP contribution < -0.4 is 10.6 Å². The van der Waals surface area contributed by atoms with E-state index in [-0.39, 0.29) is 5.75 Å². The molecule has 0 aliphatic rings. The normalized spacial score (nSPS) is 10.7. The monoisotopic (exact) mass is 441 g/mol. The maximum atomic E-state index is 13.5. The van der Waals surface area contributed by atoms with Crippen LogP contribution in [-0.4, -0.2) is 39.3 Å². The number of H-pyrrole nitrogens is 1. The van der Waals surface area contributed by atoms with Crippen LogP contribution in [0, 0.1) is 17.5 Å². The summed E-state index contributed by atoms with van der Waals surface area (Å²) in [6.07, 6.45) is 0.609. The Balaban J connectivity index is 1.41. The number of thiophene rings is 1. The highest BCUT2D eigenvalue weighted by Crippen LogP contribution is 2.19. The number of carbonyl (C=O) groups is 2. The third-order valence-corrected chi connectivity index (χ3v) is 5.24. The first-order chi connectivity index (χ1) is 13.9. The van der Waals surface area contributed by atoms with E-state index in [0.29, 0.717) is 23.5 Å². The molecule has 0 unspecified atom stereocenters. The largest absolute Gasteiger partial charge is 0.346 e. The van der Waals surface area contributed by atoms with Crippen LogP contribution in [0.4, 0.5) is 18.9 Å². The number of hydrogen-bond donors (Lipinski definition) is 3. The zero-order valence-corrected chi connectivity index (χ0v) is 16.3. The number of benzene rings is 1. The number of amides is 2. The summed E-state index contributed by atoms with van der Waals surface area (Å²) in [4.78, 5) is 29.0. The highest BCUT2D eigenvalue weighted by Gasteiger charge is 2.16. The number of nitrogens with one attached hydrogen (secondary N) is 3. The maximum absolute atomic E-state index is 13.5. The molecule has 0 aliphatic carbocycles. The van der Waals surface area contributed by atoms with Crippen molar-refractivity contribution < 1.29 is 22.8 Å². The second-order valence-corrected chi connectivity index (χ2v) is 7.63. The van der Waals surface area contributed by atoms with Crippen LogP contribution in [0.2, 0.25) is 0 Å². The summed E-state index contributed by atoms with van der Waals surface area (Å²) >= 11 is 2.68. The second kappa shape index (κ2) is 9.56. The fourth-order valence-corrected chi connectivity index (χ4v) is 3.53. The quantitative estimate of drug-likeness (QED) is 0.369. The molecule has 0 saturated carbocycles. The molecule has 0 aliphatic heterocycles. The maximum Gasteiger partial charge on any atom is 0.243 e. The second-order valence-electron chi connectivity index (χ2n) is 5.66. The van der Waals surface area contributed by atoms with Crippen molar-refractivity contribution in [1.29, 1.82) is 0 Å². The van der Waals surface area contributed by atoms with Crippen LogP contribution in [0.3, 0.4) is 0 Å². The lowest BCUT2D eigenvalue weighted by Crippen LogP contribution is -2.34. The average molecular weight is 441 g/mol.